The van der Waals surface area contributed by atoms with Crippen molar-refractivity contribution in [3.63, 3.8) is 0 Å². The lowest BCUT2D eigenvalue weighted by molar-refractivity contribution is -0.118. The van der Waals surface area contributed by atoms with E-state index in [0.717, 1.165) is 18.4 Å². The molecule has 1 saturated carbocycles. The Morgan fingerprint density at radius 2 is 1.73 bits per heavy atom. The Morgan fingerprint density at radius 1 is 1.07 bits per heavy atom. The number of carbonyl (C=O) groups excluding carboxylic acids is 2. The van der Waals surface area contributed by atoms with Crippen molar-refractivity contribution in [1.29, 1.82) is 0 Å². The highest BCUT2D eigenvalue weighted by Gasteiger charge is 2.28. The molecule has 30 heavy (non-hydrogen) atoms. The standard InChI is InChI=1S/C22H27N3O4S/c1-14(2)21(26)24-17-7-5-16(6-8-17)13-23-22(27)20-12-19(11-4-15(20)3)30(28,29)25-18-9-10-18/h4-8,11-12,14,18,25H,9-10,13H2,1-3H3,(H,23,27)(H,24,26). The molecule has 0 bridgehead atoms. The van der Waals surface area contributed by atoms with Crippen molar-refractivity contribution in [3.05, 3.63) is 59.2 Å². The van der Waals surface area contributed by atoms with Gasteiger partial charge in [-0.05, 0) is 55.2 Å². The van der Waals surface area contributed by atoms with Gasteiger partial charge in [-0.3, -0.25) is 9.59 Å². The number of carbonyl (C=O) groups is 2. The Kier molecular flexibility index (Phi) is 6.58. The molecule has 2 amide bonds. The molecule has 1 aliphatic carbocycles. The maximum Gasteiger partial charge on any atom is 0.251 e. The van der Waals surface area contributed by atoms with Crippen molar-refractivity contribution in [2.24, 2.45) is 5.92 Å². The molecule has 0 heterocycles. The van der Waals surface area contributed by atoms with Crippen molar-refractivity contribution < 1.29 is 18.0 Å². The van der Waals surface area contributed by atoms with Crippen LogP contribution in [0.4, 0.5) is 5.69 Å². The Balaban J connectivity index is 1.64. The minimum absolute atomic E-state index is 0.00173. The lowest BCUT2D eigenvalue weighted by atomic mass is 10.1. The summed E-state index contributed by atoms with van der Waals surface area (Å²) in [5, 5.41) is 5.64. The molecule has 0 unspecified atom stereocenters. The molecule has 0 aromatic heterocycles. The number of aryl methyl sites for hydroxylation is 1. The molecule has 2 aromatic carbocycles. The molecule has 7 nitrogen and oxygen atoms in total. The van der Waals surface area contributed by atoms with Gasteiger partial charge >= 0.3 is 0 Å². The molecule has 160 valence electrons. The molecular weight excluding hydrogens is 402 g/mol. The topological polar surface area (TPSA) is 104 Å². The summed E-state index contributed by atoms with van der Waals surface area (Å²) in [7, 11) is -3.62. The van der Waals surface area contributed by atoms with Gasteiger partial charge in [0.1, 0.15) is 0 Å². The van der Waals surface area contributed by atoms with E-state index in [4.69, 9.17) is 0 Å². The predicted molar refractivity (Wildman–Crippen MR) is 116 cm³/mol. The average molecular weight is 430 g/mol. The third-order valence-corrected chi connectivity index (χ3v) is 6.38. The quantitative estimate of drug-likeness (QED) is 0.600. The van der Waals surface area contributed by atoms with Crippen molar-refractivity contribution in [1.82, 2.24) is 10.0 Å². The molecule has 0 spiro atoms. The van der Waals surface area contributed by atoms with Gasteiger partial charge in [-0.2, -0.15) is 0 Å². The molecule has 1 fully saturated rings. The third-order valence-electron chi connectivity index (χ3n) is 4.86. The minimum Gasteiger partial charge on any atom is -0.348 e. The van der Waals surface area contributed by atoms with E-state index in [2.05, 4.69) is 15.4 Å². The van der Waals surface area contributed by atoms with E-state index in [9.17, 15) is 18.0 Å². The smallest absolute Gasteiger partial charge is 0.251 e. The van der Waals surface area contributed by atoms with Crippen LogP contribution in [-0.2, 0) is 21.4 Å². The van der Waals surface area contributed by atoms with Crippen molar-refractivity contribution >= 4 is 27.5 Å². The van der Waals surface area contributed by atoms with Crippen LogP contribution in [0.15, 0.2) is 47.4 Å². The summed E-state index contributed by atoms with van der Waals surface area (Å²) >= 11 is 0. The van der Waals surface area contributed by atoms with Gasteiger partial charge in [-0.25, -0.2) is 13.1 Å². The van der Waals surface area contributed by atoms with Crippen LogP contribution in [0.3, 0.4) is 0 Å². The second-order valence-corrected chi connectivity index (χ2v) is 9.61. The Hall–Kier alpha value is -2.71. The second-order valence-electron chi connectivity index (χ2n) is 7.90. The fourth-order valence-corrected chi connectivity index (χ4v) is 4.10. The van der Waals surface area contributed by atoms with Crippen molar-refractivity contribution in [2.75, 3.05) is 5.32 Å². The second kappa shape index (κ2) is 8.97. The lowest BCUT2D eigenvalue weighted by Crippen LogP contribution is -2.27. The SMILES string of the molecule is Cc1ccc(S(=O)(=O)NC2CC2)cc1C(=O)NCc1ccc(NC(=O)C(C)C)cc1. The van der Waals surface area contributed by atoms with Crippen LogP contribution < -0.4 is 15.4 Å². The molecule has 0 saturated heterocycles. The number of anilines is 1. The first kappa shape index (κ1) is 22.0. The zero-order valence-electron chi connectivity index (χ0n) is 17.4. The van der Waals surface area contributed by atoms with Crippen LogP contribution in [0.5, 0.6) is 0 Å². The van der Waals surface area contributed by atoms with Crippen LogP contribution in [0.2, 0.25) is 0 Å². The van der Waals surface area contributed by atoms with E-state index in [1.165, 1.54) is 12.1 Å². The summed E-state index contributed by atoms with van der Waals surface area (Å²) in [5.41, 5.74) is 2.59. The molecule has 0 radical (unpaired) electrons. The highest BCUT2D eigenvalue weighted by Crippen LogP contribution is 2.23. The molecule has 8 heteroatoms. The fourth-order valence-electron chi connectivity index (χ4n) is 2.77. The maximum atomic E-state index is 12.7. The Bertz CT molecular complexity index is 1040. The molecule has 0 aliphatic heterocycles. The minimum atomic E-state index is -3.62. The fraction of sp³-hybridized carbons (Fsp3) is 0.364. The highest BCUT2D eigenvalue weighted by atomic mass is 32.2. The van der Waals surface area contributed by atoms with Gasteiger partial charge in [-0.1, -0.05) is 32.0 Å². The number of hydrogen-bond donors (Lipinski definition) is 3. The molecule has 1 aliphatic rings. The highest BCUT2D eigenvalue weighted by molar-refractivity contribution is 7.89. The van der Waals surface area contributed by atoms with E-state index in [-0.39, 0.29) is 35.2 Å². The Morgan fingerprint density at radius 3 is 2.33 bits per heavy atom. The average Bonchev–Trinajstić information content (AvgIpc) is 3.50. The number of nitrogens with one attached hydrogen (secondary N) is 3. The number of amides is 2. The van der Waals surface area contributed by atoms with Gasteiger partial charge in [-0.15, -0.1) is 0 Å². The first-order valence-electron chi connectivity index (χ1n) is 9.96. The normalized spacial score (nSPS) is 13.9. The summed E-state index contributed by atoms with van der Waals surface area (Å²) in [6.07, 6.45) is 1.69. The number of hydrogen-bond acceptors (Lipinski definition) is 4. The van der Waals surface area contributed by atoms with Gasteiger partial charge in [0.25, 0.3) is 5.91 Å². The van der Waals surface area contributed by atoms with Gasteiger partial charge < -0.3 is 10.6 Å². The monoisotopic (exact) mass is 429 g/mol. The molecule has 0 atom stereocenters. The van der Waals surface area contributed by atoms with Crippen LogP contribution in [-0.4, -0.2) is 26.3 Å². The van der Waals surface area contributed by atoms with Crippen LogP contribution in [0.1, 0.15) is 48.2 Å². The zero-order valence-corrected chi connectivity index (χ0v) is 18.2. The number of benzene rings is 2. The third kappa shape index (κ3) is 5.67. The van der Waals surface area contributed by atoms with Crippen molar-refractivity contribution in [3.8, 4) is 0 Å². The number of sulfonamides is 1. The van der Waals surface area contributed by atoms with E-state index in [0.29, 0.717) is 16.8 Å². The van der Waals surface area contributed by atoms with E-state index in [1.54, 1.807) is 25.1 Å². The number of rotatable bonds is 8. The first-order valence-corrected chi connectivity index (χ1v) is 11.4. The summed E-state index contributed by atoms with van der Waals surface area (Å²) in [5.74, 6) is -0.503. The van der Waals surface area contributed by atoms with Crippen LogP contribution in [0.25, 0.3) is 0 Å². The molecule has 3 N–H and O–H groups in total. The zero-order chi connectivity index (χ0) is 21.9. The van der Waals surface area contributed by atoms with E-state index < -0.39 is 10.0 Å². The lowest BCUT2D eigenvalue weighted by Gasteiger charge is -2.12. The summed E-state index contributed by atoms with van der Waals surface area (Å²) in [4.78, 5) is 24.5. The summed E-state index contributed by atoms with van der Waals surface area (Å²) in [6, 6.07) is 11.8. The van der Waals surface area contributed by atoms with Gasteiger partial charge in [0.05, 0.1) is 4.90 Å². The first-order chi connectivity index (χ1) is 14.2. The van der Waals surface area contributed by atoms with Crippen LogP contribution >= 0.6 is 0 Å². The van der Waals surface area contributed by atoms with Crippen LogP contribution in [0, 0.1) is 12.8 Å². The van der Waals surface area contributed by atoms with Gasteiger partial charge in [0.15, 0.2) is 0 Å². The van der Waals surface area contributed by atoms with E-state index in [1.807, 2.05) is 26.0 Å². The maximum absolute atomic E-state index is 12.7. The van der Waals surface area contributed by atoms with Crippen molar-refractivity contribution in [2.45, 2.75) is 51.1 Å². The molecular formula is C22H27N3O4S. The summed E-state index contributed by atoms with van der Waals surface area (Å²) < 4.78 is 27.5. The summed E-state index contributed by atoms with van der Waals surface area (Å²) in [6.45, 7) is 5.70. The van der Waals surface area contributed by atoms with Gasteiger partial charge in [0.2, 0.25) is 15.9 Å². The largest absolute Gasteiger partial charge is 0.348 e. The van der Waals surface area contributed by atoms with E-state index >= 15 is 0 Å². The molecule has 2 aromatic rings. The molecule has 3 rings (SSSR count). The predicted octanol–water partition coefficient (Wildman–Crippen LogP) is 2.96. The van der Waals surface area contributed by atoms with Gasteiger partial charge in [0, 0.05) is 29.8 Å². The Labute approximate surface area is 177 Å².